The minimum atomic E-state index is -0.116. The number of Topliss-reactive ketones (excluding diaryl/α,β-unsaturated/α-hetero) is 1. The molecule has 2 aromatic rings. The van der Waals surface area contributed by atoms with Crippen LogP contribution in [0, 0.1) is 0 Å². The minimum Gasteiger partial charge on any atom is -0.370 e. The molecule has 0 aliphatic carbocycles. The smallest absolute Gasteiger partial charge is 0.165 e. The number of hydrogen-bond donors (Lipinski definition) is 0. The molecule has 2 aromatic carbocycles. The highest BCUT2D eigenvalue weighted by molar-refractivity contribution is 5.96. The molecule has 2 heteroatoms. The largest absolute Gasteiger partial charge is 0.370 e. The molecule has 0 spiro atoms. The number of ketones is 1. The van der Waals surface area contributed by atoms with Crippen molar-refractivity contribution in [2.24, 2.45) is 0 Å². The molecule has 1 heterocycles. The molecule has 2 atom stereocenters. The molecule has 1 aliphatic heterocycles. The normalized spacial score (nSPS) is 20.7. The summed E-state index contributed by atoms with van der Waals surface area (Å²) in [5.41, 5.74) is 2.03. The van der Waals surface area contributed by atoms with Gasteiger partial charge >= 0.3 is 0 Å². The first-order valence-electron chi connectivity index (χ1n) is 7.75. The van der Waals surface area contributed by atoms with Gasteiger partial charge in [-0.1, -0.05) is 72.8 Å². The van der Waals surface area contributed by atoms with Crippen LogP contribution in [0.25, 0.3) is 0 Å². The van der Waals surface area contributed by atoms with Crippen LogP contribution in [0.3, 0.4) is 0 Å². The van der Waals surface area contributed by atoms with Gasteiger partial charge in [0.05, 0.1) is 12.2 Å². The Balaban J connectivity index is 1.58. The van der Waals surface area contributed by atoms with Gasteiger partial charge in [0.2, 0.25) is 0 Å². The van der Waals surface area contributed by atoms with Crippen LogP contribution in [0.2, 0.25) is 0 Å². The van der Waals surface area contributed by atoms with E-state index in [0.717, 1.165) is 18.4 Å². The Hall–Kier alpha value is -2.19. The Morgan fingerprint density at radius 1 is 1.00 bits per heavy atom. The van der Waals surface area contributed by atoms with Crippen molar-refractivity contribution in [2.45, 2.75) is 31.5 Å². The molecule has 0 saturated carbocycles. The lowest BCUT2D eigenvalue weighted by molar-refractivity contribution is 0.00484. The second-order valence-electron chi connectivity index (χ2n) is 5.64. The highest BCUT2D eigenvalue weighted by atomic mass is 16.5. The number of carbonyl (C=O) groups excluding carboxylic acids is 1. The Kier molecular flexibility index (Phi) is 4.81. The van der Waals surface area contributed by atoms with Crippen molar-refractivity contribution in [1.82, 2.24) is 0 Å². The van der Waals surface area contributed by atoms with Gasteiger partial charge in [-0.15, -0.1) is 0 Å². The van der Waals surface area contributed by atoms with E-state index in [1.807, 2.05) is 54.6 Å². The standard InChI is InChI=1S/C20H20O2/c21-20(17-10-5-2-6-11-17)15-19-13-7-12-18(22-19)14-16-8-3-1-4-9-16/h1-11,13,18-19H,12,14-15H2/t18-,19-/m0/s1. The van der Waals surface area contributed by atoms with Crippen molar-refractivity contribution >= 4 is 5.78 Å². The summed E-state index contributed by atoms with van der Waals surface area (Å²) >= 11 is 0. The summed E-state index contributed by atoms with van der Waals surface area (Å²) < 4.78 is 6.07. The molecule has 2 nitrogen and oxygen atoms in total. The number of carbonyl (C=O) groups is 1. The molecular weight excluding hydrogens is 272 g/mol. The Morgan fingerprint density at radius 3 is 2.41 bits per heavy atom. The zero-order valence-corrected chi connectivity index (χ0v) is 12.5. The van der Waals surface area contributed by atoms with Crippen LogP contribution in [0.5, 0.6) is 0 Å². The number of ether oxygens (including phenoxy) is 1. The van der Waals surface area contributed by atoms with Gasteiger partial charge in [0.1, 0.15) is 0 Å². The average molecular weight is 292 g/mol. The molecule has 0 aromatic heterocycles. The Labute approximate surface area is 131 Å². The summed E-state index contributed by atoms with van der Waals surface area (Å²) in [5, 5.41) is 0. The molecule has 0 N–H and O–H groups in total. The van der Waals surface area contributed by atoms with E-state index < -0.39 is 0 Å². The third-order valence-corrected chi connectivity index (χ3v) is 3.91. The summed E-state index contributed by atoms with van der Waals surface area (Å²) in [4.78, 5) is 12.3. The van der Waals surface area contributed by atoms with E-state index in [9.17, 15) is 4.79 Å². The zero-order valence-electron chi connectivity index (χ0n) is 12.5. The maximum Gasteiger partial charge on any atom is 0.165 e. The van der Waals surface area contributed by atoms with E-state index in [-0.39, 0.29) is 18.0 Å². The van der Waals surface area contributed by atoms with Gasteiger partial charge in [-0.2, -0.15) is 0 Å². The van der Waals surface area contributed by atoms with Gasteiger partial charge < -0.3 is 4.74 Å². The average Bonchev–Trinajstić information content (AvgIpc) is 2.57. The Bertz CT molecular complexity index is 631. The van der Waals surface area contributed by atoms with Crippen LogP contribution in [0.15, 0.2) is 72.8 Å². The van der Waals surface area contributed by atoms with Gasteiger partial charge in [0.25, 0.3) is 0 Å². The third-order valence-electron chi connectivity index (χ3n) is 3.91. The highest BCUT2D eigenvalue weighted by Gasteiger charge is 2.21. The van der Waals surface area contributed by atoms with Crippen molar-refractivity contribution in [1.29, 1.82) is 0 Å². The lowest BCUT2D eigenvalue weighted by Gasteiger charge is -2.26. The first-order valence-corrected chi connectivity index (χ1v) is 7.75. The monoisotopic (exact) mass is 292 g/mol. The zero-order chi connectivity index (χ0) is 15.2. The van der Waals surface area contributed by atoms with E-state index in [0.29, 0.717) is 6.42 Å². The fourth-order valence-corrected chi connectivity index (χ4v) is 2.78. The Morgan fingerprint density at radius 2 is 1.68 bits per heavy atom. The first kappa shape index (κ1) is 14.7. The predicted octanol–water partition coefficient (Wildman–Crippen LogP) is 4.22. The van der Waals surface area contributed by atoms with Gasteiger partial charge in [0, 0.05) is 12.0 Å². The maximum absolute atomic E-state index is 12.3. The van der Waals surface area contributed by atoms with E-state index in [4.69, 9.17) is 4.74 Å². The van der Waals surface area contributed by atoms with Crippen molar-refractivity contribution < 1.29 is 9.53 Å². The SMILES string of the molecule is O=C(C[C@@H]1C=CC[C@@H](Cc2ccccc2)O1)c1ccccc1. The highest BCUT2D eigenvalue weighted by Crippen LogP contribution is 2.20. The molecule has 0 bridgehead atoms. The van der Waals surface area contributed by atoms with Crippen LogP contribution in [-0.4, -0.2) is 18.0 Å². The fourth-order valence-electron chi connectivity index (χ4n) is 2.78. The molecule has 0 fully saturated rings. The second-order valence-corrected chi connectivity index (χ2v) is 5.64. The van der Waals surface area contributed by atoms with Crippen molar-refractivity contribution in [3.05, 3.63) is 83.9 Å². The van der Waals surface area contributed by atoms with Crippen molar-refractivity contribution in [2.75, 3.05) is 0 Å². The predicted molar refractivity (Wildman–Crippen MR) is 88.0 cm³/mol. The van der Waals surface area contributed by atoms with E-state index >= 15 is 0 Å². The van der Waals surface area contributed by atoms with Gasteiger partial charge in [-0.05, 0) is 18.4 Å². The lowest BCUT2D eigenvalue weighted by atomic mass is 10.00. The summed E-state index contributed by atoms with van der Waals surface area (Å²) in [7, 11) is 0. The van der Waals surface area contributed by atoms with E-state index in [1.165, 1.54) is 5.56 Å². The van der Waals surface area contributed by atoms with Gasteiger partial charge in [-0.25, -0.2) is 0 Å². The summed E-state index contributed by atoms with van der Waals surface area (Å²) in [6.07, 6.45) is 6.40. The van der Waals surface area contributed by atoms with E-state index in [1.54, 1.807) is 0 Å². The number of hydrogen-bond acceptors (Lipinski definition) is 2. The van der Waals surface area contributed by atoms with Crippen LogP contribution >= 0.6 is 0 Å². The fraction of sp³-hybridized carbons (Fsp3) is 0.250. The van der Waals surface area contributed by atoms with Crippen LogP contribution in [0.4, 0.5) is 0 Å². The molecular formula is C20H20O2. The van der Waals surface area contributed by atoms with Gasteiger partial charge in [-0.3, -0.25) is 4.79 Å². The molecule has 112 valence electrons. The lowest BCUT2D eigenvalue weighted by Crippen LogP contribution is -2.27. The van der Waals surface area contributed by atoms with Crippen molar-refractivity contribution in [3.8, 4) is 0 Å². The summed E-state index contributed by atoms with van der Waals surface area (Å²) in [5.74, 6) is 0.135. The number of rotatable bonds is 5. The summed E-state index contributed by atoms with van der Waals surface area (Å²) in [6.45, 7) is 0. The number of benzene rings is 2. The maximum atomic E-state index is 12.3. The quantitative estimate of drug-likeness (QED) is 0.609. The molecule has 22 heavy (non-hydrogen) atoms. The van der Waals surface area contributed by atoms with Gasteiger partial charge in [0.15, 0.2) is 5.78 Å². The summed E-state index contributed by atoms with van der Waals surface area (Å²) in [6, 6.07) is 19.8. The van der Waals surface area contributed by atoms with Crippen LogP contribution in [0.1, 0.15) is 28.8 Å². The third kappa shape index (κ3) is 3.92. The molecule has 3 rings (SSSR count). The first-order chi connectivity index (χ1) is 10.8. The topological polar surface area (TPSA) is 26.3 Å². The molecule has 0 radical (unpaired) electrons. The molecule has 0 saturated heterocycles. The second kappa shape index (κ2) is 7.19. The molecule has 0 amide bonds. The van der Waals surface area contributed by atoms with E-state index in [2.05, 4.69) is 18.2 Å². The molecule has 1 aliphatic rings. The van der Waals surface area contributed by atoms with Crippen molar-refractivity contribution in [3.63, 3.8) is 0 Å². The molecule has 0 unspecified atom stereocenters. The minimum absolute atomic E-state index is 0.116. The van der Waals surface area contributed by atoms with Crippen LogP contribution < -0.4 is 0 Å². The van der Waals surface area contributed by atoms with Crippen LogP contribution in [-0.2, 0) is 11.2 Å².